The van der Waals surface area contributed by atoms with Gasteiger partial charge in [0.15, 0.2) is 0 Å². The van der Waals surface area contributed by atoms with Crippen molar-refractivity contribution in [1.82, 2.24) is 14.9 Å². The largest absolute Gasteiger partial charge is 0.487 e. The lowest BCUT2D eigenvalue weighted by Crippen LogP contribution is -2.38. The van der Waals surface area contributed by atoms with Crippen LogP contribution in [0.15, 0.2) is 54.7 Å². The molecule has 0 spiro atoms. The molecule has 0 unspecified atom stereocenters. The number of nitrogens with zero attached hydrogens (tertiary/aromatic N) is 3. The second-order valence-electron chi connectivity index (χ2n) is 8.41. The average Bonchev–Trinajstić information content (AvgIpc) is 3.31. The lowest BCUT2D eigenvalue weighted by molar-refractivity contribution is 0.0672. The number of aryl methyl sites for hydroxylation is 2. The average molecular weight is 447 g/mol. The lowest BCUT2D eigenvalue weighted by Gasteiger charge is -2.22. The number of benzene rings is 1. The van der Waals surface area contributed by atoms with Crippen LogP contribution >= 0.6 is 0 Å². The number of nitrogens with one attached hydrogen (secondary N) is 1. The SMILES string of the molecule is Cc1cc(CNc2cccc(C(=O)N3CCC[C@@H]3CO)n2)cc(C)c1OCc1ccccn1. The summed E-state index contributed by atoms with van der Waals surface area (Å²) in [5.41, 5.74) is 4.51. The molecule has 1 aliphatic rings. The number of aromatic nitrogens is 2. The topological polar surface area (TPSA) is 87.6 Å². The molecule has 7 heteroatoms. The molecule has 0 bridgehead atoms. The van der Waals surface area contributed by atoms with E-state index in [9.17, 15) is 9.90 Å². The summed E-state index contributed by atoms with van der Waals surface area (Å²) < 4.78 is 6.02. The van der Waals surface area contributed by atoms with E-state index in [-0.39, 0.29) is 18.6 Å². The first-order chi connectivity index (χ1) is 16.0. The first kappa shape index (κ1) is 22.7. The molecule has 3 heterocycles. The van der Waals surface area contributed by atoms with Crippen LogP contribution in [0, 0.1) is 13.8 Å². The number of anilines is 1. The van der Waals surface area contributed by atoms with Gasteiger partial charge in [0, 0.05) is 19.3 Å². The number of carbonyl (C=O) groups excluding carboxylic acids is 1. The lowest BCUT2D eigenvalue weighted by atomic mass is 10.1. The minimum Gasteiger partial charge on any atom is -0.487 e. The van der Waals surface area contributed by atoms with Crippen molar-refractivity contribution in [3.8, 4) is 5.75 Å². The van der Waals surface area contributed by atoms with E-state index in [0.29, 0.717) is 31.2 Å². The number of rotatable bonds is 8. The molecule has 0 radical (unpaired) electrons. The maximum Gasteiger partial charge on any atom is 0.272 e. The number of aliphatic hydroxyl groups excluding tert-OH is 1. The molecule has 1 aromatic carbocycles. The van der Waals surface area contributed by atoms with E-state index >= 15 is 0 Å². The normalized spacial score (nSPS) is 15.5. The predicted octanol–water partition coefficient (Wildman–Crippen LogP) is 3.88. The summed E-state index contributed by atoms with van der Waals surface area (Å²) in [6, 6.07) is 15.3. The van der Waals surface area contributed by atoms with Crippen LogP contribution in [0.2, 0.25) is 0 Å². The van der Waals surface area contributed by atoms with Crippen LogP contribution < -0.4 is 10.1 Å². The zero-order chi connectivity index (χ0) is 23.2. The Kier molecular flexibility index (Phi) is 7.19. The number of pyridine rings is 2. The van der Waals surface area contributed by atoms with Gasteiger partial charge in [0.05, 0.1) is 18.3 Å². The number of amides is 1. The van der Waals surface area contributed by atoms with Crippen LogP contribution in [0.1, 0.15) is 45.7 Å². The molecule has 3 aromatic rings. The van der Waals surface area contributed by atoms with E-state index in [1.807, 2.05) is 44.2 Å². The first-order valence-corrected chi connectivity index (χ1v) is 11.3. The Morgan fingerprint density at radius 3 is 2.73 bits per heavy atom. The van der Waals surface area contributed by atoms with Crippen LogP contribution in [-0.4, -0.2) is 45.1 Å². The van der Waals surface area contributed by atoms with Crippen molar-refractivity contribution in [2.45, 2.75) is 45.9 Å². The molecule has 1 atom stereocenters. The minimum absolute atomic E-state index is 0.00997. The highest BCUT2D eigenvalue weighted by Gasteiger charge is 2.29. The molecule has 1 amide bonds. The van der Waals surface area contributed by atoms with Crippen molar-refractivity contribution in [2.24, 2.45) is 0 Å². The predicted molar refractivity (Wildman–Crippen MR) is 127 cm³/mol. The standard InChI is InChI=1S/C26H30N4O3/c1-18-13-20(14-19(2)25(18)33-17-21-7-3-4-11-27-21)15-28-24-10-5-9-23(29-24)26(32)30-12-6-8-22(30)16-31/h3-5,7,9-11,13-14,22,31H,6,8,12,15-17H2,1-2H3,(H,28,29)/t22-/m1/s1. The van der Waals surface area contributed by atoms with Gasteiger partial charge in [0.25, 0.3) is 5.91 Å². The Morgan fingerprint density at radius 1 is 1.18 bits per heavy atom. The van der Waals surface area contributed by atoms with Crippen LogP contribution in [0.5, 0.6) is 5.75 Å². The second-order valence-corrected chi connectivity index (χ2v) is 8.41. The Bertz CT molecular complexity index is 1080. The number of hydrogen-bond acceptors (Lipinski definition) is 6. The van der Waals surface area contributed by atoms with Crippen molar-refractivity contribution >= 4 is 11.7 Å². The molecule has 2 N–H and O–H groups in total. The van der Waals surface area contributed by atoms with Crippen LogP contribution in [0.25, 0.3) is 0 Å². The van der Waals surface area contributed by atoms with Crippen LogP contribution in [0.4, 0.5) is 5.82 Å². The van der Waals surface area contributed by atoms with Crippen molar-refractivity contribution in [1.29, 1.82) is 0 Å². The summed E-state index contributed by atoms with van der Waals surface area (Å²) in [5.74, 6) is 1.39. The fraction of sp³-hybridized carbons (Fsp3) is 0.346. The Balaban J connectivity index is 1.40. The van der Waals surface area contributed by atoms with Gasteiger partial charge < -0.3 is 20.1 Å². The van der Waals surface area contributed by atoms with Gasteiger partial charge >= 0.3 is 0 Å². The van der Waals surface area contributed by atoms with Gasteiger partial charge in [-0.3, -0.25) is 9.78 Å². The monoisotopic (exact) mass is 446 g/mol. The van der Waals surface area contributed by atoms with E-state index in [4.69, 9.17) is 4.74 Å². The second kappa shape index (κ2) is 10.4. The quantitative estimate of drug-likeness (QED) is 0.546. The molecule has 7 nitrogen and oxygen atoms in total. The molecule has 1 saturated heterocycles. The molecule has 2 aromatic heterocycles. The first-order valence-electron chi connectivity index (χ1n) is 11.3. The zero-order valence-corrected chi connectivity index (χ0v) is 19.1. The van der Waals surface area contributed by atoms with Crippen LogP contribution in [0.3, 0.4) is 0 Å². The molecular weight excluding hydrogens is 416 g/mol. The summed E-state index contributed by atoms with van der Waals surface area (Å²) in [5, 5.41) is 12.8. The highest BCUT2D eigenvalue weighted by Crippen LogP contribution is 2.26. The molecule has 172 valence electrons. The fourth-order valence-corrected chi connectivity index (χ4v) is 4.28. The van der Waals surface area contributed by atoms with Gasteiger partial charge in [-0.1, -0.05) is 24.3 Å². The number of likely N-dealkylation sites (tertiary alicyclic amines) is 1. The molecule has 4 rings (SSSR count). The fourth-order valence-electron chi connectivity index (χ4n) is 4.28. The Morgan fingerprint density at radius 2 is 2.00 bits per heavy atom. The van der Waals surface area contributed by atoms with Gasteiger partial charge in [0.1, 0.15) is 23.9 Å². The Hall–Kier alpha value is -3.45. The van der Waals surface area contributed by atoms with E-state index in [2.05, 4.69) is 27.4 Å². The summed E-state index contributed by atoms with van der Waals surface area (Å²) in [6.45, 7) is 5.74. The summed E-state index contributed by atoms with van der Waals surface area (Å²) in [6.07, 6.45) is 3.51. The Labute approximate surface area is 194 Å². The van der Waals surface area contributed by atoms with E-state index < -0.39 is 0 Å². The van der Waals surface area contributed by atoms with Crippen molar-refractivity contribution in [3.05, 3.63) is 82.8 Å². The third-order valence-corrected chi connectivity index (χ3v) is 5.90. The number of carbonyl (C=O) groups is 1. The van der Waals surface area contributed by atoms with Crippen LogP contribution in [-0.2, 0) is 13.2 Å². The molecular formula is C26H30N4O3. The van der Waals surface area contributed by atoms with Gasteiger partial charge in [0.2, 0.25) is 0 Å². The number of ether oxygens (including phenoxy) is 1. The van der Waals surface area contributed by atoms with Crippen molar-refractivity contribution < 1.29 is 14.6 Å². The molecule has 1 fully saturated rings. The van der Waals surface area contributed by atoms with E-state index in [0.717, 1.165) is 41.0 Å². The molecule has 33 heavy (non-hydrogen) atoms. The smallest absolute Gasteiger partial charge is 0.272 e. The number of aliphatic hydroxyl groups is 1. The maximum absolute atomic E-state index is 12.8. The summed E-state index contributed by atoms with van der Waals surface area (Å²) in [4.78, 5) is 23.4. The maximum atomic E-state index is 12.8. The highest BCUT2D eigenvalue weighted by atomic mass is 16.5. The number of hydrogen-bond donors (Lipinski definition) is 2. The van der Waals surface area contributed by atoms with Crippen molar-refractivity contribution in [2.75, 3.05) is 18.5 Å². The van der Waals surface area contributed by atoms with Gasteiger partial charge in [-0.2, -0.15) is 0 Å². The molecule has 0 aliphatic carbocycles. The van der Waals surface area contributed by atoms with Gasteiger partial charge in [-0.15, -0.1) is 0 Å². The summed E-state index contributed by atoms with van der Waals surface area (Å²) in [7, 11) is 0. The summed E-state index contributed by atoms with van der Waals surface area (Å²) >= 11 is 0. The van der Waals surface area contributed by atoms with Crippen molar-refractivity contribution in [3.63, 3.8) is 0 Å². The zero-order valence-electron chi connectivity index (χ0n) is 19.1. The van der Waals surface area contributed by atoms with Gasteiger partial charge in [-0.25, -0.2) is 4.98 Å². The third kappa shape index (κ3) is 5.49. The van der Waals surface area contributed by atoms with E-state index in [1.165, 1.54) is 0 Å². The van der Waals surface area contributed by atoms with Gasteiger partial charge in [-0.05, 0) is 67.6 Å². The van der Waals surface area contributed by atoms with E-state index in [1.54, 1.807) is 17.2 Å². The molecule has 0 saturated carbocycles. The third-order valence-electron chi connectivity index (χ3n) is 5.90. The molecule has 1 aliphatic heterocycles. The highest BCUT2D eigenvalue weighted by molar-refractivity contribution is 5.93. The minimum atomic E-state index is -0.128.